The Kier molecular flexibility index (Phi) is 4.09. The van der Waals surface area contributed by atoms with Gasteiger partial charge in [0, 0.05) is 12.2 Å². The van der Waals surface area contributed by atoms with Crippen molar-refractivity contribution in [3.63, 3.8) is 0 Å². The second-order valence-electron chi connectivity index (χ2n) is 4.36. The average molecular weight is 239 g/mol. The number of carbonyl (C=O) groups is 1. The first kappa shape index (κ1) is 13.5. The van der Waals surface area contributed by atoms with Crippen LogP contribution in [-0.4, -0.2) is 40.0 Å². The maximum Gasteiger partial charge on any atom is 0.337 e. The second-order valence-corrected chi connectivity index (χ2v) is 4.36. The molecule has 1 aromatic rings. The molecule has 0 radical (unpaired) electrons. The van der Waals surface area contributed by atoms with Crippen LogP contribution in [0.2, 0.25) is 0 Å². The highest BCUT2D eigenvalue weighted by Crippen LogP contribution is 2.18. The minimum Gasteiger partial charge on any atom is -0.478 e. The lowest BCUT2D eigenvalue weighted by molar-refractivity contribution is 0.0132. The van der Waals surface area contributed by atoms with E-state index in [1.807, 2.05) is 6.92 Å². The zero-order chi connectivity index (χ0) is 13.1. The number of aromatic carboxylic acids is 1. The number of rotatable bonds is 5. The minimum atomic E-state index is -1.28. The molecule has 0 saturated heterocycles. The summed E-state index contributed by atoms with van der Waals surface area (Å²) >= 11 is 0. The number of nitrogens with one attached hydrogen (secondary N) is 1. The third kappa shape index (κ3) is 3.72. The lowest BCUT2D eigenvalue weighted by Crippen LogP contribution is -2.37. The Bertz CT molecular complexity index is 415. The Morgan fingerprint density at radius 1 is 1.47 bits per heavy atom. The molecule has 0 aliphatic heterocycles. The van der Waals surface area contributed by atoms with E-state index >= 15 is 0 Å². The summed E-state index contributed by atoms with van der Waals surface area (Å²) in [6.45, 7) is 3.00. The third-order valence-corrected chi connectivity index (χ3v) is 2.41. The van der Waals surface area contributed by atoms with Gasteiger partial charge in [0.2, 0.25) is 0 Å². The van der Waals surface area contributed by atoms with E-state index in [1.165, 1.54) is 13.0 Å². The van der Waals surface area contributed by atoms with E-state index < -0.39 is 18.2 Å². The largest absolute Gasteiger partial charge is 0.478 e. The summed E-state index contributed by atoms with van der Waals surface area (Å²) in [6.07, 6.45) is 0. The Labute approximate surface area is 99.7 Å². The van der Waals surface area contributed by atoms with Crippen LogP contribution < -0.4 is 5.32 Å². The van der Waals surface area contributed by atoms with Crippen molar-refractivity contribution in [1.29, 1.82) is 0 Å². The summed E-state index contributed by atoms with van der Waals surface area (Å²) in [5.41, 5.74) is 0.219. The SMILES string of the molecule is Cc1ccc(C(=O)O)c(NCC(C)(O)CO)c1. The van der Waals surface area contributed by atoms with Crippen LogP contribution in [0.15, 0.2) is 18.2 Å². The number of hydrogen-bond acceptors (Lipinski definition) is 4. The molecule has 5 heteroatoms. The van der Waals surface area contributed by atoms with Gasteiger partial charge in [-0.25, -0.2) is 4.79 Å². The first-order valence-corrected chi connectivity index (χ1v) is 5.27. The van der Waals surface area contributed by atoms with Gasteiger partial charge in [-0.15, -0.1) is 0 Å². The Hall–Kier alpha value is -1.59. The summed E-state index contributed by atoms with van der Waals surface area (Å²) in [6, 6.07) is 4.91. The van der Waals surface area contributed by atoms with Crippen LogP contribution >= 0.6 is 0 Å². The van der Waals surface area contributed by atoms with E-state index in [4.69, 9.17) is 10.2 Å². The Balaban J connectivity index is 2.89. The topological polar surface area (TPSA) is 89.8 Å². The molecule has 1 rings (SSSR count). The van der Waals surface area contributed by atoms with Crippen LogP contribution in [0.4, 0.5) is 5.69 Å². The predicted octanol–water partition coefficient (Wildman–Crippen LogP) is 0.848. The highest BCUT2D eigenvalue weighted by molar-refractivity contribution is 5.94. The van der Waals surface area contributed by atoms with E-state index in [9.17, 15) is 9.90 Å². The van der Waals surface area contributed by atoms with Crippen molar-refractivity contribution in [2.45, 2.75) is 19.4 Å². The van der Waals surface area contributed by atoms with Crippen LogP contribution in [0.25, 0.3) is 0 Å². The van der Waals surface area contributed by atoms with Gasteiger partial charge >= 0.3 is 5.97 Å². The number of aryl methyl sites for hydroxylation is 1. The molecular weight excluding hydrogens is 222 g/mol. The van der Waals surface area contributed by atoms with Crippen molar-refractivity contribution in [2.75, 3.05) is 18.5 Å². The van der Waals surface area contributed by atoms with Gasteiger partial charge in [0.25, 0.3) is 0 Å². The average Bonchev–Trinajstić information content (AvgIpc) is 2.26. The molecule has 1 unspecified atom stereocenters. The molecule has 0 aromatic heterocycles. The third-order valence-electron chi connectivity index (χ3n) is 2.41. The molecule has 0 bridgehead atoms. The van der Waals surface area contributed by atoms with Gasteiger partial charge in [0.1, 0.15) is 5.60 Å². The summed E-state index contributed by atoms with van der Waals surface area (Å²) in [7, 11) is 0. The molecule has 0 aliphatic carbocycles. The van der Waals surface area contributed by atoms with Crippen LogP contribution in [0.3, 0.4) is 0 Å². The van der Waals surface area contributed by atoms with Crippen LogP contribution in [0, 0.1) is 6.92 Å². The van der Waals surface area contributed by atoms with Gasteiger partial charge in [0.05, 0.1) is 12.2 Å². The molecule has 0 aliphatic rings. The van der Waals surface area contributed by atoms with E-state index in [0.717, 1.165) is 5.56 Å². The molecule has 1 aromatic carbocycles. The van der Waals surface area contributed by atoms with Crippen LogP contribution in [0.5, 0.6) is 0 Å². The highest BCUT2D eigenvalue weighted by Gasteiger charge is 2.19. The van der Waals surface area contributed by atoms with E-state index in [1.54, 1.807) is 12.1 Å². The fourth-order valence-corrected chi connectivity index (χ4v) is 1.33. The molecule has 0 heterocycles. The van der Waals surface area contributed by atoms with Crippen molar-refractivity contribution in [1.82, 2.24) is 0 Å². The molecule has 4 N–H and O–H groups in total. The zero-order valence-corrected chi connectivity index (χ0v) is 9.90. The van der Waals surface area contributed by atoms with Crippen molar-refractivity contribution in [3.05, 3.63) is 29.3 Å². The highest BCUT2D eigenvalue weighted by atomic mass is 16.4. The molecule has 17 heavy (non-hydrogen) atoms. The zero-order valence-electron chi connectivity index (χ0n) is 9.90. The fraction of sp³-hybridized carbons (Fsp3) is 0.417. The Morgan fingerprint density at radius 2 is 2.12 bits per heavy atom. The normalized spacial score (nSPS) is 14.1. The monoisotopic (exact) mass is 239 g/mol. The molecular formula is C12H17NO4. The number of aliphatic hydroxyl groups is 2. The molecule has 94 valence electrons. The van der Waals surface area contributed by atoms with E-state index in [-0.39, 0.29) is 12.1 Å². The van der Waals surface area contributed by atoms with Gasteiger partial charge in [-0.3, -0.25) is 0 Å². The van der Waals surface area contributed by atoms with Gasteiger partial charge in [-0.2, -0.15) is 0 Å². The predicted molar refractivity (Wildman–Crippen MR) is 64.3 cm³/mol. The van der Waals surface area contributed by atoms with Crippen LogP contribution in [-0.2, 0) is 0 Å². The number of aliphatic hydroxyl groups excluding tert-OH is 1. The van der Waals surface area contributed by atoms with Gasteiger partial charge < -0.3 is 20.6 Å². The van der Waals surface area contributed by atoms with Crippen molar-refractivity contribution >= 4 is 11.7 Å². The molecule has 0 amide bonds. The smallest absolute Gasteiger partial charge is 0.337 e. The molecule has 0 spiro atoms. The summed E-state index contributed by atoms with van der Waals surface area (Å²) in [5, 5.41) is 30.3. The van der Waals surface area contributed by atoms with Crippen molar-refractivity contribution in [3.8, 4) is 0 Å². The molecule has 0 fully saturated rings. The standard InChI is InChI=1S/C12H17NO4/c1-8-3-4-9(11(15)16)10(5-8)13-6-12(2,17)7-14/h3-5,13-14,17H,6-7H2,1-2H3,(H,15,16). The first-order valence-electron chi connectivity index (χ1n) is 5.27. The lowest BCUT2D eigenvalue weighted by Gasteiger charge is -2.22. The second kappa shape index (κ2) is 5.16. The summed E-state index contributed by atoms with van der Waals surface area (Å²) < 4.78 is 0. The van der Waals surface area contributed by atoms with Gasteiger partial charge in [-0.1, -0.05) is 6.07 Å². The summed E-state index contributed by atoms with van der Waals surface area (Å²) in [4.78, 5) is 11.0. The van der Waals surface area contributed by atoms with Gasteiger partial charge in [0.15, 0.2) is 0 Å². The number of anilines is 1. The lowest BCUT2D eigenvalue weighted by atomic mass is 10.1. The van der Waals surface area contributed by atoms with E-state index in [0.29, 0.717) is 5.69 Å². The maximum absolute atomic E-state index is 11.0. The van der Waals surface area contributed by atoms with Crippen molar-refractivity contribution < 1.29 is 20.1 Å². The number of hydrogen-bond donors (Lipinski definition) is 4. The molecule has 1 atom stereocenters. The number of benzene rings is 1. The number of carboxylic acids is 1. The Morgan fingerprint density at radius 3 is 2.65 bits per heavy atom. The first-order chi connectivity index (χ1) is 7.85. The molecule has 5 nitrogen and oxygen atoms in total. The fourth-order valence-electron chi connectivity index (χ4n) is 1.33. The maximum atomic E-state index is 11.0. The van der Waals surface area contributed by atoms with Gasteiger partial charge in [-0.05, 0) is 31.5 Å². The summed E-state index contributed by atoms with van der Waals surface area (Å²) in [5.74, 6) is -1.03. The molecule has 0 saturated carbocycles. The van der Waals surface area contributed by atoms with Crippen molar-refractivity contribution in [2.24, 2.45) is 0 Å². The van der Waals surface area contributed by atoms with E-state index in [2.05, 4.69) is 5.32 Å². The quantitative estimate of drug-likeness (QED) is 0.611. The number of carboxylic acid groups (broad SMARTS) is 1. The van der Waals surface area contributed by atoms with Crippen LogP contribution in [0.1, 0.15) is 22.8 Å². The minimum absolute atomic E-state index is 0.0766.